The van der Waals surface area contributed by atoms with E-state index in [2.05, 4.69) is 22.0 Å². The lowest BCUT2D eigenvalue weighted by Crippen LogP contribution is -2.39. The van der Waals surface area contributed by atoms with Crippen LogP contribution in [-0.4, -0.2) is 52.8 Å². The maximum atomic E-state index is 13.4. The maximum Gasteiger partial charge on any atom is 0.273 e. The van der Waals surface area contributed by atoms with Crippen molar-refractivity contribution in [2.75, 3.05) is 31.1 Å². The molecule has 2 aromatic carbocycles. The molecule has 3 aromatic rings. The Hall–Kier alpha value is -2.74. The fraction of sp³-hybridized carbons (Fsp3) is 0.393. The van der Waals surface area contributed by atoms with Gasteiger partial charge in [0.05, 0.1) is 5.51 Å². The number of fused-ring (bicyclic) bond motifs is 1. The van der Waals surface area contributed by atoms with Crippen molar-refractivity contribution in [3.63, 3.8) is 0 Å². The fourth-order valence-electron chi connectivity index (χ4n) is 4.80. The van der Waals surface area contributed by atoms with Crippen LogP contribution in [0.25, 0.3) is 0 Å². The van der Waals surface area contributed by atoms with E-state index in [1.165, 1.54) is 16.9 Å². The van der Waals surface area contributed by atoms with Gasteiger partial charge in [0.25, 0.3) is 5.91 Å². The zero-order chi connectivity index (χ0) is 24.9. The van der Waals surface area contributed by atoms with Gasteiger partial charge in [-0.3, -0.25) is 14.5 Å². The number of hydrogen-bond acceptors (Lipinski definition) is 5. The highest BCUT2D eigenvalue weighted by Gasteiger charge is 2.35. The van der Waals surface area contributed by atoms with Crippen molar-refractivity contribution >= 4 is 40.4 Å². The summed E-state index contributed by atoms with van der Waals surface area (Å²) >= 11 is 7.52. The first kappa shape index (κ1) is 24.9. The standard InChI is InChI=1S/C28H31ClN4O2S/c29-24-11-7-21(8-12-24)17-31-13-3-15-32(28(35)25-19-36-20-30-25)18-23-5-1-2-6-26(23)33(16-4-14-31)27(34)22-9-10-22/h1-2,5-8,11-12,19-20,22H,3-4,9-10,13-18H2. The number of amides is 2. The molecule has 0 N–H and O–H groups in total. The molecule has 1 aromatic heterocycles. The Morgan fingerprint density at radius 3 is 2.44 bits per heavy atom. The van der Waals surface area contributed by atoms with E-state index in [1.807, 2.05) is 46.2 Å². The quantitative estimate of drug-likeness (QED) is 0.455. The Morgan fingerprint density at radius 2 is 1.72 bits per heavy atom. The fourth-order valence-corrected chi connectivity index (χ4v) is 5.45. The lowest BCUT2D eigenvalue weighted by Gasteiger charge is -2.31. The van der Waals surface area contributed by atoms with Crippen molar-refractivity contribution in [3.8, 4) is 0 Å². The molecule has 8 heteroatoms. The summed E-state index contributed by atoms with van der Waals surface area (Å²) in [4.78, 5) is 37.3. The highest BCUT2D eigenvalue weighted by atomic mass is 35.5. The molecule has 1 aliphatic carbocycles. The van der Waals surface area contributed by atoms with Crippen LogP contribution >= 0.6 is 22.9 Å². The van der Waals surface area contributed by atoms with Crippen LogP contribution in [0.4, 0.5) is 5.69 Å². The number of carbonyl (C=O) groups excluding carboxylic acids is 2. The first-order chi connectivity index (χ1) is 17.6. The van der Waals surface area contributed by atoms with Gasteiger partial charge >= 0.3 is 0 Å². The smallest absolute Gasteiger partial charge is 0.273 e. The first-order valence-electron chi connectivity index (χ1n) is 12.6. The van der Waals surface area contributed by atoms with Gasteiger partial charge in [-0.15, -0.1) is 11.3 Å². The predicted octanol–water partition coefficient (Wildman–Crippen LogP) is 5.48. The molecular weight excluding hydrogens is 492 g/mol. The number of halogens is 1. The van der Waals surface area contributed by atoms with Gasteiger partial charge in [0.2, 0.25) is 5.91 Å². The summed E-state index contributed by atoms with van der Waals surface area (Å²) in [5, 5.41) is 2.54. The number of nitrogens with zero attached hydrogens (tertiary/aromatic N) is 4. The van der Waals surface area contributed by atoms with E-state index in [0.717, 1.165) is 61.6 Å². The molecule has 188 valence electrons. The Morgan fingerprint density at radius 1 is 0.972 bits per heavy atom. The average Bonchev–Trinajstić information content (AvgIpc) is 3.59. The molecular formula is C28H31ClN4O2S. The summed E-state index contributed by atoms with van der Waals surface area (Å²) in [6, 6.07) is 16.0. The lowest BCUT2D eigenvalue weighted by atomic mass is 10.1. The number of anilines is 1. The van der Waals surface area contributed by atoms with Gasteiger partial charge in [-0.05, 0) is 55.0 Å². The summed E-state index contributed by atoms with van der Waals surface area (Å²) < 4.78 is 0. The van der Waals surface area contributed by atoms with Crippen molar-refractivity contribution in [2.24, 2.45) is 5.92 Å². The number of hydrogen-bond donors (Lipinski definition) is 0. The predicted molar refractivity (Wildman–Crippen MR) is 144 cm³/mol. The summed E-state index contributed by atoms with van der Waals surface area (Å²) in [6.45, 7) is 4.30. The van der Waals surface area contributed by atoms with Gasteiger partial charge in [0.1, 0.15) is 5.69 Å². The number of carbonyl (C=O) groups is 2. The van der Waals surface area contributed by atoms with Gasteiger partial charge in [-0.1, -0.05) is 41.9 Å². The molecule has 0 spiro atoms. The van der Waals surface area contributed by atoms with E-state index >= 15 is 0 Å². The number of thiazole rings is 1. The van der Waals surface area contributed by atoms with Crippen molar-refractivity contribution < 1.29 is 9.59 Å². The second-order valence-electron chi connectivity index (χ2n) is 9.60. The average molecular weight is 523 g/mol. The minimum absolute atomic E-state index is 0.0626. The molecule has 0 atom stereocenters. The third-order valence-electron chi connectivity index (χ3n) is 6.85. The molecule has 1 fully saturated rings. The normalized spacial score (nSPS) is 17.7. The van der Waals surface area contributed by atoms with Gasteiger partial charge in [0.15, 0.2) is 0 Å². The Bertz CT molecular complexity index is 1180. The summed E-state index contributed by atoms with van der Waals surface area (Å²) in [5.41, 5.74) is 5.32. The maximum absolute atomic E-state index is 13.4. The third kappa shape index (κ3) is 6.14. The molecule has 0 unspecified atom stereocenters. The molecule has 1 aliphatic heterocycles. The lowest BCUT2D eigenvalue weighted by molar-refractivity contribution is -0.119. The highest BCUT2D eigenvalue weighted by Crippen LogP contribution is 2.34. The topological polar surface area (TPSA) is 56.8 Å². The minimum Gasteiger partial charge on any atom is -0.333 e. The summed E-state index contributed by atoms with van der Waals surface area (Å²) in [5.74, 6) is 0.275. The number of rotatable bonds is 4. The van der Waals surface area contributed by atoms with Crippen LogP contribution in [-0.2, 0) is 17.9 Å². The van der Waals surface area contributed by atoms with Crippen LogP contribution in [0.2, 0.25) is 5.02 Å². The second-order valence-corrected chi connectivity index (χ2v) is 10.8. The molecule has 2 aliphatic rings. The van der Waals surface area contributed by atoms with Crippen LogP contribution in [0.3, 0.4) is 0 Å². The van der Waals surface area contributed by atoms with Crippen LogP contribution in [0, 0.1) is 5.92 Å². The van der Waals surface area contributed by atoms with Crippen LogP contribution in [0.5, 0.6) is 0 Å². The highest BCUT2D eigenvalue weighted by molar-refractivity contribution is 7.07. The Kier molecular flexibility index (Phi) is 7.99. The molecule has 1 saturated carbocycles. The molecule has 0 bridgehead atoms. The zero-order valence-corrected chi connectivity index (χ0v) is 21.9. The summed E-state index contributed by atoms with van der Waals surface area (Å²) in [6.07, 6.45) is 3.68. The SMILES string of the molecule is O=C(c1cscn1)N1CCCN(Cc2ccc(Cl)cc2)CCCN(C(=O)C2CC2)c2ccccc2C1. The van der Waals surface area contributed by atoms with Crippen LogP contribution in [0.1, 0.15) is 47.3 Å². The zero-order valence-electron chi connectivity index (χ0n) is 20.3. The second kappa shape index (κ2) is 11.5. The van der Waals surface area contributed by atoms with Gasteiger partial charge in [0, 0.05) is 61.3 Å². The molecule has 2 heterocycles. The van der Waals surface area contributed by atoms with E-state index in [0.29, 0.717) is 25.3 Å². The number of benzene rings is 2. The molecule has 6 nitrogen and oxygen atoms in total. The number of para-hydroxylation sites is 1. The Balaban J connectivity index is 1.43. The van der Waals surface area contributed by atoms with E-state index < -0.39 is 0 Å². The third-order valence-corrected chi connectivity index (χ3v) is 7.69. The molecule has 5 rings (SSSR count). The first-order valence-corrected chi connectivity index (χ1v) is 13.9. The van der Waals surface area contributed by atoms with Gasteiger partial charge in [-0.25, -0.2) is 4.98 Å². The van der Waals surface area contributed by atoms with Gasteiger partial charge in [-0.2, -0.15) is 0 Å². The largest absolute Gasteiger partial charge is 0.333 e. The van der Waals surface area contributed by atoms with E-state index in [9.17, 15) is 9.59 Å². The molecule has 36 heavy (non-hydrogen) atoms. The van der Waals surface area contributed by atoms with Gasteiger partial charge < -0.3 is 9.80 Å². The number of aromatic nitrogens is 1. The summed E-state index contributed by atoms with van der Waals surface area (Å²) in [7, 11) is 0. The van der Waals surface area contributed by atoms with Crippen molar-refractivity contribution in [2.45, 2.75) is 38.8 Å². The van der Waals surface area contributed by atoms with Crippen LogP contribution in [0.15, 0.2) is 59.4 Å². The van der Waals surface area contributed by atoms with Crippen molar-refractivity contribution in [1.29, 1.82) is 0 Å². The van der Waals surface area contributed by atoms with E-state index in [-0.39, 0.29) is 17.7 Å². The Labute approximate surface area is 221 Å². The molecule has 2 amide bonds. The van der Waals surface area contributed by atoms with Crippen molar-refractivity contribution in [3.05, 3.63) is 81.3 Å². The molecule has 0 radical (unpaired) electrons. The monoisotopic (exact) mass is 522 g/mol. The van der Waals surface area contributed by atoms with E-state index in [4.69, 9.17) is 11.6 Å². The minimum atomic E-state index is -0.0626. The van der Waals surface area contributed by atoms with Crippen molar-refractivity contribution in [1.82, 2.24) is 14.8 Å². The molecule has 0 saturated heterocycles. The van der Waals surface area contributed by atoms with E-state index in [1.54, 1.807) is 10.9 Å². The van der Waals surface area contributed by atoms with Crippen LogP contribution < -0.4 is 4.90 Å².